The first-order valence-corrected chi connectivity index (χ1v) is 8.82. The molecule has 3 heterocycles. The van der Waals surface area contributed by atoms with Crippen LogP contribution in [-0.4, -0.2) is 31.9 Å². The lowest BCUT2D eigenvalue weighted by Gasteiger charge is -2.20. The lowest BCUT2D eigenvalue weighted by molar-refractivity contribution is -0.119. The first kappa shape index (κ1) is 18.6. The number of carbonyl (C=O) groups is 2. The van der Waals surface area contributed by atoms with E-state index in [-0.39, 0.29) is 17.7 Å². The summed E-state index contributed by atoms with van der Waals surface area (Å²) in [6, 6.07) is 3.13. The Labute approximate surface area is 157 Å². The molecule has 0 saturated carbocycles. The third-order valence-corrected chi connectivity index (χ3v) is 4.64. The summed E-state index contributed by atoms with van der Waals surface area (Å²) in [6.45, 7) is 3.95. The largest absolute Gasteiger partial charge is 0.465 e. The molecule has 2 amide bonds. The lowest BCUT2D eigenvalue weighted by Crippen LogP contribution is -2.28. The van der Waals surface area contributed by atoms with Crippen LogP contribution in [0.4, 0.5) is 10.5 Å². The number of amides is 2. The van der Waals surface area contributed by atoms with E-state index in [1.54, 1.807) is 24.1 Å². The predicted molar refractivity (Wildman–Crippen MR) is 101 cm³/mol. The zero-order valence-electron chi connectivity index (χ0n) is 15.5. The van der Waals surface area contributed by atoms with Gasteiger partial charge in [-0.3, -0.25) is 14.5 Å². The smallest absolute Gasteiger partial charge is 0.405 e. The maximum atomic E-state index is 12.8. The van der Waals surface area contributed by atoms with Gasteiger partial charge in [0.15, 0.2) is 0 Å². The molecule has 8 nitrogen and oxygen atoms in total. The van der Waals surface area contributed by atoms with Gasteiger partial charge in [0, 0.05) is 18.8 Å². The highest BCUT2D eigenvalue weighted by Gasteiger charge is 2.24. The highest BCUT2D eigenvalue weighted by atomic mass is 16.4. The van der Waals surface area contributed by atoms with Crippen molar-refractivity contribution in [2.45, 2.75) is 26.3 Å². The molecule has 0 unspecified atom stereocenters. The van der Waals surface area contributed by atoms with Crippen LogP contribution in [0.25, 0.3) is 11.3 Å². The van der Waals surface area contributed by atoms with Crippen LogP contribution in [-0.2, 0) is 11.8 Å². The van der Waals surface area contributed by atoms with Crippen molar-refractivity contribution >= 4 is 17.7 Å². The summed E-state index contributed by atoms with van der Waals surface area (Å²) < 4.78 is 1.68. The standard InChI is InChI=1S/C19H23N5O3/c1-11(2)13-5-4-6-14(23-19(26)27)15-9-12(7-8-20-15)17-16(22-18(13)25)10-21-24(17)3/h4-5,7-11,13-14,23H,6H2,1-3H3,(H,22,25)(H,26,27)/b5-4+/t13-,14+/m1/s1. The van der Waals surface area contributed by atoms with E-state index < -0.39 is 12.1 Å². The summed E-state index contributed by atoms with van der Waals surface area (Å²) in [4.78, 5) is 28.4. The SMILES string of the molecule is CC(C)[C@H]1/C=C/C[C@H](NC(=O)O)c2cc(ccn2)-c2c(cnn2C)NC1=O. The van der Waals surface area contributed by atoms with Crippen LogP contribution >= 0.6 is 0 Å². The van der Waals surface area contributed by atoms with Crippen molar-refractivity contribution in [1.82, 2.24) is 20.1 Å². The second kappa shape index (κ2) is 7.61. The van der Waals surface area contributed by atoms with Gasteiger partial charge in [-0.2, -0.15) is 5.10 Å². The van der Waals surface area contributed by atoms with Crippen molar-refractivity contribution < 1.29 is 14.7 Å². The van der Waals surface area contributed by atoms with Crippen molar-refractivity contribution in [2.24, 2.45) is 18.9 Å². The van der Waals surface area contributed by atoms with E-state index in [1.807, 2.05) is 38.1 Å². The van der Waals surface area contributed by atoms with Crippen LogP contribution in [0.1, 0.15) is 32.0 Å². The number of hydrogen-bond donors (Lipinski definition) is 3. The van der Waals surface area contributed by atoms with Crippen molar-refractivity contribution in [1.29, 1.82) is 0 Å². The van der Waals surface area contributed by atoms with Gasteiger partial charge in [-0.1, -0.05) is 26.0 Å². The molecule has 2 aromatic rings. The van der Waals surface area contributed by atoms with Crippen LogP contribution in [0.5, 0.6) is 0 Å². The highest BCUT2D eigenvalue weighted by molar-refractivity contribution is 5.97. The van der Waals surface area contributed by atoms with Crippen molar-refractivity contribution in [3.05, 3.63) is 42.4 Å². The predicted octanol–water partition coefficient (Wildman–Crippen LogP) is 2.96. The van der Waals surface area contributed by atoms with E-state index in [4.69, 9.17) is 0 Å². The Morgan fingerprint density at radius 3 is 2.93 bits per heavy atom. The molecule has 1 aliphatic rings. The Balaban J connectivity index is 2.13. The number of carbonyl (C=O) groups excluding carboxylic acids is 1. The number of aromatic nitrogens is 3. The second-order valence-corrected chi connectivity index (χ2v) is 6.92. The summed E-state index contributed by atoms with van der Waals surface area (Å²) in [5.74, 6) is -0.367. The summed E-state index contributed by atoms with van der Waals surface area (Å²) in [5, 5.41) is 19.0. The summed E-state index contributed by atoms with van der Waals surface area (Å²) in [7, 11) is 1.80. The highest BCUT2D eigenvalue weighted by Crippen LogP contribution is 2.31. The van der Waals surface area contributed by atoms with E-state index >= 15 is 0 Å². The Morgan fingerprint density at radius 1 is 1.44 bits per heavy atom. The Morgan fingerprint density at radius 2 is 2.22 bits per heavy atom. The van der Waals surface area contributed by atoms with Gasteiger partial charge in [0.1, 0.15) is 0 Å². The third-order valence-electron chi connectivity index (χ3n) is 4.64. The molecule has 1 aliphatic heterocycles. The molecule has 0 aliphatic carbocycles. The number of rotatable bonds is 2. The summed E-state index contributed by atoms with van der Waals surface area (Å²) >= 11 is 0. The van der Waals surface area contributed by atoms with E-state index in [0.717, 1.165) is 11.3 Å². The summed E-state index contributed by atoms with van der Waals surface area (Å²) in [5.41, 5.74) is 2.77. The number of nitrogens with one attached hydrogen (secondary N) is 2. The van der Waals surface area contributed by atoms with E-state index in [0.29, 0.717) is 17.8 Å². The van der Waals surface area contributed by atoms with Crippen LogP contribution in [0, 0.1) is 11.8 Å². The molecule has 27 heavy (non-hydrogen) atoms. The van der Waals surface area contributed by atoms with Crippen LogP contribution in [0.2, 0.25) is 0 Å². The van der Waals surface area contributed by atoms with Crippen molar-refractivity contribution in [2.75, 3.05) is 5.32 Å². The number of aryl methyl sites for hydroxylation is 1. The van der Waals surface area contributed by atoms with Gasteiger partial charge in [-0.05, 0) is 24.5 Å². The topological polar surface area (TPSA) is 109 Å². The van der Waals surface area contributed by atoms with Crippen molar-refractivity contribution in [3.63, 3.8) is 0 Å². The third kappa shape index (κ3) is 3.99. The number of fused-ring (bicyclic) bond motifs is 4. The molecule has 0 aromatic carbocycles. The van der Waals surface area contributed by atoms with E-state index in [2.05, 4.69) is 20.7 Å². The minimum Gasteiger partial charge on any atom is -0.465 e. The molecule has 3 N–H and O–H groups in total. The van der Waals surface area contributed by atoms with Gasteiger partial charge in [0.25, 0.3) is 0 Å². The monoisotopic (exact) mass is 369 g/mol. The number of hydrogen-bond acceptors (Lipinski definition) is 4. The molecular weight excluding hydrogens is 346 g/mol. The van der Waals surface area contributed by atoms with Gasteiger partial charge in [-0.25, -0.2) is 4.79 Å². The first-order chi connectivity index (χ1) is 12.9. The Bertz CT molecular complexity index is 887. The van der Waals surface area contributed by atoms with E-state index in [9.17, 15) is 14.7 Å². The molecule has 2 bridgehead atoms. The van der Waals surface area contributed by atoms with Crippen molar-refractivity contribution in [3.8, 4) is 11.3 Å². The van der Waals surface area contributed by atoms with Crippen LogP contribution in [0.15, 0.2) is 36.7 Å². The molecule has 3 rings (SSSR count). The average Bonchev–Trinajstić information content (AvgIpc) is 2.96. The fraction of sp³-hybridized carbons (Fsp3) is 0.368. The zero-order valence-corrected chi connectivity index (χ0v) is 15.5. The average molecular weight is 369 g/mol. The number of carboxylic acid groups (broad SMARTS) is 1. The normalized spacial score (nSPS) is 20.8. The number of anilines is 1. The molecule has 0 fully saturated rings. The van der Waals surface area contributed by atoms with Gasteiger partial charge in [0.05, 0.1) is 35.2 Å². The molecule has 142 valence electrons. The van der Waals surface area contributed by atoms with E-state index in [1.165, 1.54) is 0 Å². The Kier molecular flexibility index (Phi) is 5.25. The molecule has 0 radical (unpaired) electrons. The van der Waals surface area contributed by atoms with Gasteiger partial charge in [0.2, 0.25) is 5.91 Å². The van der Waals surface area contributed by atoms with Gasteiger partial charge < -0.3 is 15.7 Å². The molecular formula is C19H23N5O3. The molecule has 0 saturated heterocycles. The summed E-state index contributed by atoms with van der Waals surface area (Å²) in [6.07, 6.45) is 6.20. The fourth-order valence-electron chi connectivity index (χ4n) is 3.25. The zero-order chi connectivity index (χ0) is 19.6. The fourth-order valence-corrected chi connectivity index (χ4v) is 3.25. The quantitative estimate of drug-likeness (QED) is 0.705. The lowest BCUT2D eigenvalue weighted by atomic mass is 9.93. The maximum absolute atomic E-state index is 12.8. The van der Waals surface area contributed by atoms with Crippen LogP contribution in [0.3, 0.4) is 0 Å². The maximum Gasteiger partial charge on any atom is 0.405 e. The first-order valence-electron chi connectivity index (χ1n) is 8.82. The molecule has 2 aromatic heterocycles. The molecule has 0 spiro atoms. The molecule has 2 atom stereocenters. The number of pyridine rings is 1. The van der Waals surface area contributed by atoms with Crippen LogP contribution < -0.4 is 10.6 Å². The molecule has 8 heteroatoms. The van der Waals surface area contributed by atoms with Gasteiger partial charge >= 0.3 is 6.09 Å². The minimum absolute atomic E-state index is 0.0890. The van der Waals surface area contributed by atoms with Gasteiger partial charge in [-0.15, -0.1) is 0 Å². The minimum atomic E-state index is -1.12. The Hall–Kier alpha value is -3.16. The number of nitrogens with zero attached hydrogens (tertiary/aromatic N) is 3. The second-order valence-electron chi connectivity index (χ2n) is 6.92.